The molecule has 2 heterocycles. The first-order valence-electron chi connectivity index (χ1n) is 9.62. The summed E-state index contributed by atoms with van der Waals surface area (Å²) in [6.45, 7) is 2.78. The molecule has 5 heteroatoms. The maximum atomic E-state index is 5.54. The van der Waals surface area contributed by atoms with Gasteiger partial charge in [-0.1, -0.05) is 42.5 Å². The lowest BCUT2D eigenvalue weighted by molar-refractivity contribution is 0.241. The highest BCUT2D eigenvalue weighted by Crippen LogP contribution is 2.32. The van der Waals surface area contributed by atoms with Crippen LogP contribution in [-0.4, -0.2) is 42.6 Å². The Morgan fingerprint density at radius 1 is 1.00 bits per heavy atom. The molecule has 0 fully saturated rings. The van der Waals surface area contributed by atoms with Crippen molar-refractivity contribution in [3.8, 4) is 17.1 Å². The van der Waals surface area contributed by atoms with Crippen molar-refractivity contribution >= 4 is 5.82 Å². The molecule has 5 nitrogen and oxygen atoms in total. The summed E-state index contributed by atoms with van der Waals surface area (Å²) in [7, 11) is 5.78. The lowest BCUT2D eigenvalue weighted by Gasteiger charge is -2.30. The number of benzene rings is 2. The van der Waals surface area contributed by atoms with Crippen molar-refractivity contribution in [3.05, 3.63) is 71.4 Å². The molecule has 0 aliphatic carbocycles. The smallest absolute Gasteiger partial charge is 0.165 e. The van der Waals surface area contributed by atoms with Crippen molar-refractivity contribution in [1.82, 2.24) is 14.9 Å². The first kappa shape index (κ1) is 18.4. The Labute approximate surface area is 166 Å². The van der Waals surface area contributed by atoms with E-state index in [0.717, 1.165) is 54.7 Å². The molecule has 0 N–H and O–H groups in total. The van der Waals surface area contributed by atoms with Gasteiger partial charge in [0.1, 0.15) is 11.6 Å². The molecule has 1 aliphatic heterocycles. The topological polar surface area (TPSA) is 41.5 Å². The standard InChI is InChI=1S/C23H26N4O/c1-26(2)23-18-13-14-27(15-17-9-5-4-6-10-17)16-20(18)24-22(25-23)19-11-7-8-12-21(19)28-3/h4-12H,13-16H2,1-3H3. The number of fused-ring (bicyclic) bond motifs is 1. The van der Waals surface area contributed by atoms with Crippen LogP contribution in [0.3, 0.4) is 0 Å². The van der Waals surface area contributed by atoms with Gasteiger partial charge in [0.2, 0.25) is 0 Å². The lowest BCUT2D eigenvalue weighted by Crippen LogP contribution is -2.32. The van der Waals surface area contributed by atoms with Gasteiger partial charge < -0.3 is 9.64 Å². The van der Waals surface area contributed by atoms with Crippen LogP contribution in [0.25, 0.3) is 11.4 Å². The fourth-order valence-electron chi connectivity index (χ4n) is 3.76. The predicted octanol–water partition coefficient (Wildman–Crippen LogP) is 3.78. The normalized spacial score (nSPS) is 13.8. The monoisotopic (exact) mass is 374 g/mol. The molecule has 0 bridgehead atoms. The summed E-state index contributed by atoms with van der Waals surface area (Å²) in [5, 5.41) is 0. The maximum absolute atomic E-state index is 5.54. The Bertz CT molecular complexity index is 956. The van der Waals surface area contributed by atoms with E-state index < -0.39 is 0 Å². The fraction of sp³-hybridized carbons (Fsp3) is 0.304. The van der Waals surface area contributed by atoms with Gasteiger partial charge in [-0.3, -0.25) is 4.90 Å². The van der Waals surface area contributed by atoms with E-state index in [1.54, 1.807) is 7.11 Å². The predicted molar refractivity (Wildman–Crippen MR) is 113 cm³/mol. The average molecular weight is 374 g/mol. The van der Waals surface area contributed by atoms with E-state index in [0.29, 0.717) is 0 Å². The Kier molecular flexibility index (Phi) is 5.26. The molecular weight excluding hydrogens is 348 g/mol. The van der Waals surface area contributed by atoms with E-state index in [1.165, 1.54) is 11.1 Å². The molecule has 144 valence electrons. The van der Waals surface area contributed by atoms with Crippen molar-refractivity contribution in [2.45, 2.75) is 19.5 Å². The van der Waals surface area contributed by atoms with E-state index >= 15 is 0 Å². The van der Waals surface area contributed by atoms with Gasteiger partial charge in [-0.15, -0.1) is 0 Å². The molecule has 0 saturated carbocycles. The van der Waals surface area contributed by atoms with Gasteiger partial charge in [-0.2, -0.15) is 0 Å². The van der Waals surface area contributed by atoms with E-state index in [9.17, 15) is 0 Å². The molecule has 0 unspecified atom stereocenters. The number of rotatable bonds is 5. The van der Waals surface area contributed by atoms with Crippen molar-refractivity contribution in [2.75, 3.05) is 32.6 Å². The summed E-state index contributed by atoms with van der Waals surface area (Å²) in [4.78, 5) is 14.4. The molecular formula is C23H26N4O. The largest absolute Gasteiger partial charge is 0.496 e. The zero-order valence-electron chi connectivity index (χ0n) is 16.7. The second-order valence-corrected chi connectivity index (χ2v) is 7.34. The Morgan fingerprint density at radius 2 is 1.75 bits per heavy atom. The second-order valence-electron chi connectivity index (χ2n) is 7.34. The van der Waals surface area contributed by atoms with Gasteiger partial charge in [0.05, 0.1) is 18.4 Å². The molecule has 1 aromatic heterocycles. The van der Waals surface area contributed by atoms with Gasteiger partial charge in [-0.05, 0) is 24.1 Å². The van der Waals surface area contributed by atoms with Crippen molar-refractivity contribution < 1.29 is 4.74 Å². The van der Waals surface area contributed by atoms with E-state index in [1.807, 2.05) is 38.4 Å². The van der Waals surface area contributed by atoms with Gasteiger partial charge in [0, 0.05) is 39.3 Å². The molecule has 4 rings (SSSR count). The number of hydrogen-bond donors (Lipinski definition) is 0. The van der Waals surface area contributed by atoms with Crippen molar-refractivity contribution in [2.24, 2.45) is 0 Å². The minimum atomic E-state index is 0.724. The molecule has 0 saturated heterocycles. The molecule has 1 aliphatic rings. The van der Waals surface area contributed by atoms with Gasteiger partial charge in [0.25, 0.3) is 0 Å². The third kappa shape index (κ3) is 3.71. The van der Waals surface area contributed by atoms with Crippen LogP contribution in [0.2, 0.25) is 0 Å². The number of ether oxygens (including phenoxy) is 1. The van der Waals surface area contributed by atoms with Crippen LogP contribution in [0.4, 0.5) is 5.82 Å². The summed E-state index contributed by atoms with van der Waals surface area (Å²) in [5.74, 6) is 2.52. The molecule has 0 spiro atoms. The summed E-state index contributed by atoms with van der Waals surface area (Å²) in [6, 6.07) is 18.6. The zero-order valence-corrected chi connectivity index (χ0v) is 16.7. The zero-order chi connectivity index (χ0) is 19.5. The van der Waals surface area contributed by atoms with Crippen LogP contribution in [0.15, 0.2) is 54.6 Å². The minimum Gasteiger partial charge on any atom is -0.496 e. The van der Waals surface area contributed by atoms with Gasteiger partial charge >= 0.3 is 0 Å². The van der Waals surface area contributed by atoms with E-state index in [4.69, 9.17) is 14.7 Å². The van der Waals surface area contributed by atoms with Crippen LogP contribution in [0, 0.1) is 0 Å². The molecule has 0 amide bonds. The number of aromatic nitrogens is 2. The average Bonchev–Trinajstić information content (AvgIpc) is 2.73. The third-order valence-corrected chi connectivity index (χ3v) is 5.14. The highest BCUT2D eigenvalue weighted by Gasteiger charge is 2.24. The number of methoxy groups -OCH3 is 1. The lowest BCUT2D eigenvalue weighted by atomic mass is 10.0. The quantitative estimate of drug-likeness (QED) is 0.680. The first-order valence-corrected chi connectivity index (χ1v) is 9.62. The molecule has 0 atom stereocenters. The van der Waals surface area contributed by atoms with Crippen LogP contribution < -0.4 is 9.64 Å². The molecule has 2 aromatic carbocycles. The van der Waals surface area contributed by atoms with Crippen LogP contribution >= 0.6 is 0 Å². The summed E-state index contributed by atoms with van der Waals surface area (Å²) in [5.41, 5.74) is 4.63. The number of anilines is 1. The van der Waals surface area contributed by atoms with Crippen LogP contribution in [-0.2, 0) is 19.5 Å². The first-order chi connectivity index (χ1) is 13.7. The number of hydrogen-bond acceptors (Lipinski definition) is 5. The minimum absolute atomic E-state index is 0.724. The second kappa shape index (κ2) is 7.98. The summed E-state index contributed by atoms with van der Waals surface area (Å²) >= 11 is 0. The SMILES string of the molecule is COc1ccccc1-c1nc2c(c(N(C)C)n1)CCN(Cc1ccccc1)C2. The Hall–Kier alpha value is -2.92. The molecule has 0 radical (unpaired) electrons. The van der Waals surface area contributed by atoms with Crippen molar-refractivity contribution in [1.29, 1.82) is 0 Å². The molecule has 28 heavy (non-hydrogen) atoms. The maximum Gasteiger partial charge on any atom is 0.165 e. The highest BCUT2D eigenvalue weighted by atomic mass is 16.5. The van der Waals surface area contributed by atoms with Crippen molar-refractivity contribution in [3.63, 3.8) is 0 Å². The van der Waals surface area contributed by atoms with Crippen LogP contribution in [0.5, 0.6) is 5.75 Å². The van der Waals surface area contributed by atoms with Gasteiger partial charge in [-0.25, -0.2) is 9.97 Å². The number of nitrogens with zero attached hydrogens (tertiary/aromatic N) is 4. The Balaban J connectivity index is 1.71. The third-order valence-electron chi connectivity index (χ3n) is 5.14. The van der Waals surface area contributed by atoms with Gasteiger partial charge in [0.15, 0.2) is 5.82 Å². The summed E-state index contributed by atoms with van der Waals surface area (Å²) in [6.07, 6.45) is 0.960. The van der Waals surface area contributed by atoms with E-state index in [-0.39, 0.29) is 0 Å². The summed E-state index contributed by atoms with van der Waals surface area (Å²) < 4.78 is 5.54. The highest BCUT2D eigenvalue weighted by molar-refractivity contribution is 5.67. The Morgan fingerprint density at radius 3 is 2.50 bits per heavy atom. The fourth-order valence-corrected chi connectivity index (χ4v) is 3.76. The number of para-hydroxylation sites is 1. The van der Waals surface area contributed by atoms with Crippen LogP contribution in [0.1, 0.15) is 16.8 Å². The molecule has 3 aromatic rings. The van der Waals surface area contributed by atoms with E-state index in [2.05, 4.69) is 40.1 Å².